The first-order chi connectivity index (χ1) is 9.58. The van der Waals surface area contributed by atoms with E-state index in [1.54, 1.807) is 0 Å². The summed E-state index contributed by atoms with van der Waals surface area (Å²) < 4.78 is 0. The molecule has 0 aliphatic heterocycles. The molecule has 1 rings (SSSR count). The number of benzene rings is 1. The van der Waals surface area contributed by atoms with Crippen molar-refractivity contribution in [3.63, 3.8) is 0 Å². The van der Waals surface area contributed by atoms with Crippen LogP contribution in [0.25, 0.3) is 0 Å². The zero-order chi connectivity index (χ0) is 15.0. The highest BCUT2D eigenvalue weighted by Crippen LogP contribution is 2.19. The van der Waals surface area contributed by atoms with Gasteiger partial charge < -0.3 is 10.6 Å². The molecule has 0 fully saturated rings. The van der Waals surface area contributed by atoms with E-state index in [9.17, 15) is 0 Å². The smallest absolute Gasteiger partial charge is 0.0427 e. The zero-order valence-corrected chi connectivity index (χ0v) is 13.8. The summed E-state index contributed by atoms with van der Waals surface area (Å²) in [5.74, 6) is 0. The molecule has 0 heterocycles. The summed E-state index contributed by atoms with van der Waals surface area (Å²) in [6, 6.07) is 6.73. The van der Waals surface area contributed by atoms with Crippen LogP contribution >= 0.6 is 0 Å². The van der Waals surface area contributed by atoms with E-state index in [1.807, 2.05) is 0 Å². The van der Waals surface area contributed by atoms with Gasteiger partial charge in [0.05, 0.1) is 0 Å². The second-order valence-corrected chi connectivity index (χ2v) is 5.97. The topological polar surface area (TPSA) is 29.3 Å². The van der Waals surface area contributed by atoms with Crippen LogP contribution in [0.15, 0.2) is 18.2 Å². The van der Waals surface area contributed by atoms with Gasteiger partial charge in [0, 0.05) is 12.6 Å². The third-order valence-electron chi connectivity index (χ3n) is 3.94. The Morgan fingerprint density at radius 2 is 1.65 bits per heavy atom. The molecule has 2 N–H and O–H groups in total. The summed E-state index contributed by atoms with van der Waals surface area (Å²) in [4.78, 5) is 2.54. The highest BCUT2D eigenvalue weighted by atomic mass is 15.1. The largest absolute Gasteiger partial charge is 0.323 e. The van der Waals surface area contributed by atoms with Gasteiger partial charge in [0.25, 0.3) is 0 Å². The van der Waals surface area contributed by atoms with Crippen molar-refractivity contribution in [2.24, 2.45) is 5.73 Å². The first-order valence-electron chi connectivity index (χ1n) is 8.13. The molecule has 1 atom stereocenters. The van der Waals surface area contributed by atoms with E-state index < -0.39 is 0 Å². The Kier molecular flexibility index (Phi) is 7.86. The SMILES string of the molecule is CCCCN(CCCC)CC(N)c1cc(C)ccc1C. The van der Waals surface area contributed by atoms with Crippen molar-refractivity contribution in [3.8, 4) is 0 Å². The summed E-state index contributed by atoms with van der Waals surface area (Å²) >= 11 is 0. The Hall–Kier alpha value is -0.860. The number of hydrogen-bond donors (Lipinski definition) is 1. The Bertz CT molecular complexity index is 379. The molecule has 2 nitrogen and oxygen atoms in total. The number of unbranched alkanes of at least 4 members (excludes halogenated alkanes) is 2. The molecule has 1 unspecified atom stereocenters. The summed E-state index contributed by atoms with van der Waals surface area (Å²) in [6.07, 6.45) is 5.04. The van der Waals surface area contributed by atoms with Crippen molar-refractivity contribution in [3.05, 3.63) is 34.9 Å². The molecule has 0 amide bonds. The Labute approximate surface area is 125 Å². The van der Waals surface area contributed by atoms with Crippen LogP contribution < -0.4 is 5.73 Å². The van der Waals surface area contributed by atoms with Gasteiger partial charge in [-0.2, -0.15) is 0 Å². The van der Waals surface area contributed by atoms with Crippen LogP contribution in [0.2, 0.25) is 0 Å². The van der Waals surface area contributed by atoms with Crippen LogP contribution in [0, 0.1) is 13.8 Å². The molecule has 0 aliphatic rings. The van der Waals surface area contributed by atoms with Gasteiger partial charge in [0.2, 0.25) is 0 Å². The Morgan fingerprint density at radius 3 is 2.20 bits per heavy atom. The standard InChI is InChI=1S/C18H32N2/c1-5-7-11-20(12-8-6-2)14-18(19)17-13-15(3)9-10-16(17)4/h9-10,13,18H,5-8,11-12,14,19H2,1-4H3. The average Bonchev–Trinajstić information content (AvgIpc) is 2.44. The summed E-state index contributed by atoms with van der Waals surface area (Å²) in [6.45, 7) is 12.1. The van der Waals surface area contributed by atoms with E-state index in [2.05, 4.69) is 50.8 Å². The predicted octanol–water partition coefficient (Wildman–Crippen LogP) is 4.21. The minimum absolute atomic E-state index is 0.128. The predicted molar refractivity (Wildman–Crippen MR) is 89.1 cm³/mol. The van der Waals surface area contributed by atoms with Crippen LogP contribution in [0.1, 0.15) is 62.3 Å². The highest BCUT2D eigenvalue weighted by Gasteiger charge is 2.13. The van der Waals surface area contributed by atoms with Gasteiger partial charge in [-0.1, -0.05) is 50.5 Å². The first kappa shape index (κ1) is 17.2. The number of rotatable bonds is 9. The molecule has 0 radical (unpaired) electrons. The van der Waals surface area contributed by atoms with Crippen LogP contribution in [-0.4, -0.2) is 24.5 Å². The maximum absolute atomic E-state index is 6.47. The number of nitrogens with two attached hydrogens (primary N) is 1. The summed E-state index contributed by atoms with van der Waals surface area (Å²) in [5, 5.41) is 0. The van der Waals surface area contributed by atoms with E-state index in [1.165, 1.54) is 55.5 Å². The van der Waals surface area contributed by atoms with Crippen molar-refractivity contribution in [2.75, 3.05) is 19.6 Å². The molecule has 2 heteroatoms. The molecule has 0 aromatic heterocycles. The van der Waals surface area contributed by atoms with E-state index >= 15 is 0 Å². The average molecular weight is 276 g/mol. The van der Waals surface area contributed by atoms with E-state index in [4.69, 9.17) is 5.73 Å². The number of nitrogens with zero attached hydrogens (tertiary/aromatic N) is 1. The highest BCUT2D eigenvalue weighted by molar-refractivity contribution is 5.33. The summed E-state index contributed by atoms with van der Waals surface area (Å²) in [5.41, 5.74) is 10.4. The molecule has 0 saturated heterocycles. The minimum atomic E-state index is 0.128. The van der Waals surface area contributed by atoms with Crippen molar-refractivity contribution in [1.82, 2.24) is 4.90 Å². The van der Waals surface area contributed by atoms with Crippen LogP contribution in [0.4, 0.5) is 0 Å². The van der Waals surface area contributed by atoms with Gasteiger partial charge >= 0.3 is 0 Å². The number of aryl methyl sites for hydroxylation is 2. The van der Waals surface area contributed by atoms with Gasteiger partial charge in [-0.25, -0.2) is 0 Å². The molecule has 20 heavy (non-hydrogen) atoms. The van der Waals surface area contributed by atoms with Gasteiger partial charge in [0.15, 0.2) is 0 Å². The second-order valence-electron chi connectivity index (χ2n) is 5.97. The molecular weight excluding hydrogens is 244 g/mol. The fourth-order valence-electron chi connectivity index (χ4n) is 2.59. The Balaban J connectivity index is 2.67. The monoisotopic (exact) mass is 276 g/mol. The minimum Gasteiger partial charge on any atom is -0.323 e. The first-order valence-corrected chi connectivity index (χ1v) is 8.13. The van der Waals surface area contributed by atoms with Gasteiger partial charge in [-0.05, 0) is 50.9 Å². The van der Waals surface area contributed by atoms with Crippen molar-refractivity contribution in [2.45, 2.75) is 59.4 Å². The molecule has 1 aromatic rings. The lowest BCUT2D eigenvalue weighted by Gasteiger charge is -2.26. The normalized spacial score (nSPS) is 12.9. The van der Waals surface area contributed by atoms with E-state index in [-0.39, 0.29) is 6.04 Å². The summed E-state index contributed by atoms with van der Waals surface area (Å²) in [7, 11) is 0. The molecule has 0 bridgehead atoms. The van der Waals surface area contributed by atoms with Crippen LogP contribution in [0.3, 0.4) is 0 Å². The fourth-order valence-corrected chi connectivity index (χ4v) is 2.59. The lowest BCUT2D eigenvalue weighted by Crippen LogP contribution is -2.34. The second kappa shape index (κ2) is 9.15. The molecule has 0 spiro atoms. The van der Waals surface area contributed by atoms with Crippen molar-refractivity contribution >= 4 is 0 Å². The maximum Gasteiger partial charge on any atom is 0.0427 e. The Morgan fingerprint density at radius 1 is 1.05 bits per heavy atom. The number of hydrogen-bond acceptors (Lipinski definition) is 2. The van der Waals surface area contributed by atoms with Gasteiger partial charge in [-0.3, -0.25) is 0 Å². The van der Waals surface area contributed by atoms with Gasteiger partial charge in [0.1, 0.15) is 0 Å². The zero-order valence-electron chi connectivity index (χ0n) is 13.8. The van der Waals surface area contributed by atoms with Crippen molar-refractivity contribution < 1.29 is 0 Å². The third-order valence-corrected chi connectivity index (χ3v) is 3.94. The quantitative estimate of drug-likeness (QED) is 0.732. The lowest BCUT2D eigenvalue weighted by atomic mass is 9.99. The molecule has 114 valence electrons. The third kappa shape index (κ3) is 5.64. The van der Waals surface area contributed by atoms with Gasteiger partial charge in [-0.15, -0.1) is 0 Å². The molecule has 1 aromatic carbocycles. The molecule has 0 saturated carbocycles. The van der Waals surface area contributed by atoms with Crippen LogP contribution in [-0.2, 0) is 0 Å². The molecule has 0 aliphatic carbocycles. The van der Waals surface area contributed by atoms with E-state index in [0.717, 1.165) is 6.54 Å². The maximum atomic E-state index is 6.47. The fraction of sp³-hybridized carbons (Fsp3) is 0.667. The lowest BCUT2D eigenvalue weighted by molar-refractivity contribution is 0.249. The van der Waals surface area contributed by atoms with Crippen molar-refractivity contribution in [1.29, 1.82) is 0 Å². The van der Waals surface area contributed by atoms with Crippen LogP contribution in [0.5, 0.6) is 0 Å². The molecular formula is C18H32N2. The van der Waals surface area contributed by atoms with E-state index in [0.29, 0.717) is 0 Å².